The van der Waals surface area contributed by atoms with Crippen LogP contribution in [0.15, 0.2) is 30.5 Å². The quantitative estimate of drug-likeness (QED) is 0.521. The Balaban J connectivity index is 1.99. The molecule has 0 saturated carbocycles. The molecule has 0 N–H and O–H groups in total. The number of hydrogen-bond acceptors (Lipinski definition) is 1. The molecule has 1 aromatic heterocycles. The lowest BCUT2D eigenvalue weighted by molar-refractivity contribution is 0.112. The van der Waals surface area contributed by atoms with Gasteiger partial charge in [-0.1, -0.05) is 32.6 Å². The molecule has 0 aliphatic heterocycles. The van der Waals surface area contributed by atoms with Gasteiger partial charge in [0.1, 0.15) is 6.29 Å². The van der Waals surface area contributed by atoms with Gasteiger partial charge in [0.2, 0.25) is 0 Å². The largest absolute Gasteiger partial charge is 0.347 e. The van der Waals surface area contributed by atoms with Crippen LogP contribution in [0.2, 0.25) is 0 Å². The summed E-state index contributed by atoms with van der Waals surface area (Å²) < 4.78 is 2.29. The Bertz CT molecular complexity index is 513. The average Bonchev–Trinajstić information content (AvgIpc) is 2.81. The van der Waals surface area contributed by atoms with Crippen LogP contribution in [0.5, 0.6) is 0 Å². The van der Waals surface area contributed by atoms with Gasteiger partial charge in [-0.15, -0.1) is 0 Å². The zero-order chi connectivity index (χ0) is 12.8. The zero-order valence-corrected chi connectivity index (χ0v) is 11.1. The van der Waals surface area contributed by atoms with Crippen molar-refractivity contribution in [2.75, 3.05) is 0 Å². The van der Waals surface area contributed by atoms with Crippen LogP contribution >= 0.6 is 0 Å². The fraction of sp³-hybridized carbons (Fsp3) is 0.438. The molecular weight excluding hydrogens is 222 g/mol. The Hall–Kier alpha value is -1.57. The van der Waals surface area contributed by atoms with Gasteiger partial charge in [-0.05, 0) is 30.7 Å². The van der Waals surface area contributed by atoms with Crippen molar-refractivity contribution in [1.29, 1.82) is 0 Å². The number of nitrogens with zero attached hydrogens (tertiary/aromatic N) is 1. The molecule has 0 unspecified atom stereocenters. The normalized spacial score (nSPS) is 10.9. The predicted molar refractivity (Wildman–Crippen MR) is 76.1 cm³/mol. The Morgan fingerprint density at radius 2 is 1.94 bits per heavy atom. The second-order valence-electron chi connectivity index (χ2n) is 4.86. The maximum absolute atomic E-state index is 10.7. The first-order valence-electron chi connectivity index (χ1n) is 6.89. The highest BCUT2D eigenvalue weighted by molar-refractivity contribution is 5.87. The molecule has 0 aliphatic rings. The molecule has 0 amide bonds. The third kappa shape index (κ3) is 3.00. The number of unbranched alkanes of at least 4 members (excludes halogenated alkanes) is 4. The summed E-state index contributed by atoms with van der Waals surface area (Å²) in [5, 5.41) is 1.16. The number of rotatable bonds is 7. The number of carbonyl (C=O) groups excluding carboxylic acids is 1. The maximum Gasteiger partial charge on any atom is 0.150 e. The van der Waals surface area contributed by atoms with E-state index in [4.69, 9.17) is 0 Å². The first kappa shape index (κ1) is 12.9. The molecule has 0 saturated heterocycles. The number of aldehydes is 1. The second kappa shape index (κ2) is 6.39. The summed E-state index contributed by atoms with van der Waals surface area (Å²) in [6.07, 6.45) is 9.54. The maximum atomic E-state index is 10.7. The number of fused-ring (bicyclic) bond motifs is 1. The lowest BCUT2D eigenvalue weighted by Gasteiger charge is -2.05. The van der Waals surface area contributed by atoms with Crippen LogP contribution in [0, 0.1) is 0 Å². The molecule has 1 heterocycles. The molecular formula is C16H21NO. The summed E-state index contributed by atoms with van der Waals surface area (Å²) in [6, 6.07) is 7.98. The first-order valence-corrected chi connectivity index (χ1v) is 6.89. The summed E-state index contributed by atoms with van der Waals surface area (Å²) >= 11 is 0. The summed E-state index contributed by atoms with van der Waals surface area (Å²) in [6.45, 7) is 3.32. The predicted octanol–water partition coefficient (Wildman–Crippen LogP) is 4.42. The second-order valence-corrected chi connectivity index (χ2v) is 4.86. The van der Waals surface area contributed by atoms with Gasteiger partial charge in [-0.2, -0.15) is 0 Å². The van der Waals surface area contributed by atoms with Crippen LogP contribution < -0.4 is 0 Å². The lowest BCUT2D eigenvalue weighted by Crippen LogP contribution is -1.96. The van der Waals surface area contributed by atoms with Crippen molar-refractivity contribution in [2.45, 2.75) is 45.6 Å². The molecule has 0 aliphatic carbocycles. The van der Waals surface area contributed by atoms with Crippen LogP contribution in [0.25, 0.3) is 10.9 Å². The van der Waals surface area contributed by atoms with Crippen LogP contribution in [0.1, 0.15) is 49.4 Å². The highest BCUT2D eigenvalue weighted by Gasteiger charge is 2.01. The van der Waals surface area contributed by atoms with E-state index in [-0.39, 0.29) is 0 Å². The topological polar surface area (TPSA) is 22.0 Å². The Morgan fingerprint density at radius 1 is 1.11 bits per heavy atom. The molecule has 0 fully saturated rings. The smallest absolute Gasteiger partial charge is 0.150 e. The minimum Gasteiger partial charge on any atom is -0.347 e. The van der Waals surface area contributed by atoms with E-state index in [1.165, 1.54) is 37.6 Å². The highest BCUT2D eigenvalue weighted by atomic mass is 16.1. The molecule has 96 valence electrons. The third-order valence-electron chi connectivity index (χ3n) is 3.43. The number of aryl methyl sites for hydroxylation is 1. The minimum absolute atomic E-state index is 0.753. The summed E-state index contributed by atoms with van der Waals surface area (Å²) in [4.78, 5) is 10.7. The summed E-state index contributed by atoms with van der Waals surface area (Å²) in [5.41, 5.74) is 1.99. The van der Waals surface area contributed by atoms with Gasteiger partial charge >= 0.3 is 0 Å². The van der Waals surface area contributed by atoms with Gasteiger partial charge in [0.15, 0.2) is 0 Å². The van der Waals surface area contributed by atoms with Crippen LogP contribution in [-0.4, -0.2) is 10.9 Å². The SMILES string of the molecule is CCCCCCCn1ccc2cc(C=O)ccc21. The van der Waals surface area contributed by atoms with Crippen molar-refractivity contribution in [3.05, 3.63) is 36.0 Å². The molecule has 0 atom stereocenters. The number of benzene rings is 1. The fourth-order valence-corrected chi connectivity index (χ4v) is 2.37. The monoisotopic (exact) mass is 243 g/mol. The van der Waals surface area contributed by atoms with Crippen molar-refractivity contribution < 1.29 is 4.79 Å². The van der Waals surface area contributed by atoms with E-state index in [0.29, 0.717) is 0 Å². The van der Waals surface area contributed by atoms with E-state index in [1.807, 2.05) is 18.2 Å². The lowest BCUT2D eigenvalue weighted by atomic mass is 10.1. The molecule has 2 rings (SSSR count). The standard InChI is InChI=1S/C16H21NO/c1-2-3-4-5-6-10-17-11-9-15-12-14(13-18)7-8-16(15)17/h7-9,11-13H,2-6,10H2,1H3. The molecule has 1 aromatic carbocycles. The van der Waals surface area contributed by atoms with Gasteiger partial charge < -0.3 is 4.57 Å². The molecule has 18 heavy (non-hydrogen) atoms. The molecule has 2 aromatic rings. The zero-order valence-electron chi connectivity index (χ0n) is 11.1. The third-order valence-corrected chi connectivity index (χ3v) is 3.43. The van der Waals surface area contributed by atoms with Crippen molar-refractivity contribution in [3.8, 4) is 0 Å². The Kier molecular flexibility index (Phi) is 4.57. The van der Waals surface area contributed by atoms with E-state index in [0.717, 1.165) is 23.8 Å². The number of carbonyl (C=O) groups is 1. The van der Waals surface area contributed by atoms with E-state index in [2.05, 4.69) is 23.8 Å². The highest BCUT2D eigenvalue weighted by Crippen LogP contribution is 2.18. The van der Waals surface area contributed by atoms with Crippen molar-refractivity contribution in [1.82, 2.24) is 4.57 Å². The van der Waals surface area contributed by atoms with E-state index < -0.39 is 0 Å². The van der Waals surface area contributed by atoms with Gasteiger partial charge in [-0.25, -0.2) is 0 Å². The van der Waals surface area contributed by atoms with Crippen LogP contribution in [0.3, 0.4) is 0 Å². The molecule has 2 nitrogen and oxygen atoms in total. The van der Waals surface area contributed by atoms with Crippen molar-refractivity contribution in [3.63, 3.8) is 0 Å². The summed E-state index contributed by atoms with van der Waals surface area (Å²) in [7, 11) is 0. The number of aromatic nitrogens is 1. The van der Waals surface area contributed by atoms with E-state index >= 15 is 0 Å². The van der Waals surface area contributed by atoms with Gasteiger partial charge in [0, 0.05) is 29.2 Å². The van der Waals surface area contributed by atoms with Gasteiger partial charge in [-0.3, -0.25) is 4.79 Å². The van der Waals surface area contributed by atoms with Crippen molar-refractivity contribution >= 4 is 17.2 Å². The Morgan fingerprint density at radius 3 is 2.72 bits per heavy atom. The minimum atomic E-state index is 0.753. The average molecular weight is 243 g/mol. The molecule has 0 bridgehead atoms. The first-order chi connectivity index (χ1) is 8.85. The Labute approximate surface area is 109 Å². The molecule has 0 spiro atoms. The summed E-state index contributed by atoms with van der Waals surface area (Å²) in [5.74, 6) is 0. The van der Waals surface area contributed by atoms with E-state index in [1.54, 1.807) is 0 Å². The molecule has 2 heteroatoms. The fourth-order valence-electron chi connectivity index (χ4n) is 2.37. The van der Waals surface area contributed by atoms with Gasteiger partial charge in [0.05, 0.1) is 0 Å². The van der Waals surface area contributed by atoms with Crippen LogP contribution in [0.4, 0.5) is 0 Å². The van der Waals surface area contributed by atoms with Gasteiger partial charge in [0.25, 0.3) is 0 Å². The molecule has 0 radical (unpaired) electrons. The van der Waals surface area contributed by atoms with E-state index in [9.17, 15) is 4.79 Å². The van der Waals surface area contributed by atoms with Crippen LogP contribution in [-0.2, 0) is 6.54 Å². The van der Waals surface area contributed by atoms with Crippen molar-refractivity contribution in [2.24, 2.45) is 0 Å². The number of hydrogen-bond donors (Lipinski definition) is 0.